The Morgan fingerprint density at radius 3 is 2.67 bits per heavy atom. The minimum Gasteiger partial charge on any atom is -0.466 e. The summed E-state index contributed by atoms with van der Waals surface area (Å²) in [6.45, 7) is 4.21. The Morgan fingerprint density at radius 1 is 1.29 bits per heavy atom. The Balaban J connectivity index is 2.08. The molecule has 1 aromatic rings. The summed E-state index contributed by atoms with van der Waals surface area (Å²) in [5.74, 6) is 0.910. The summed E-state index contributed by atoms with van der Waals surface area (Å²) in [6.07, 6.45) is 2.23. The first-order valence-electron chi connectivity index (χ1n) is 7.50. The van der Waals surface area contributed by atoms with E-state index in [1.54, 1.807) is 18.7 Å². The number of Topliss-reactive ketones (excluding diaryl/α,β-unsaturated/α-hetero) is 1. The third kappa shape index (κ3) is 4.34. The second-order valence-corrected chi connectivity index (χ2v) is 6.74. The van der Waals surface area contributed by atoms with Crippen molar-refractivity contribution in [1.82, 2.24) is 0 Å². The second-order valence-electron chi connectivity index (χ2n) is 5.40. The number of hydrogen-bond acceptors (Lipinski definition) is 4. The van der Waals surface area contributed by atoms with E-state index in [4.69, 9.17) is 4.74 Å². The number of rotatable bonds is 5. The van der Waals surface area contributed by atoms with E-state index in [1.807, 2.05) is 31.2 Å². The van der Waals surface area contributed by atoms with Gasteiger partial charge in [-0.1, -0.05) is 29.8 Å². The minimum absolute atomic E-state index is 0.0478. The molecule has 1 heterocycles. The molecule has 0 bridgehead atoms. The lowest BCUT2D eigenvalue weighted by atomic mass is 9.88. The second kappa shape index (κ2) is 7.64. The molecule has 1 aromatic carbocycles. The highest BCUT2D eigenvalue weighted by Gasteiger charge is 2.33. The first-order valence-corrected chi connectivity index (χ1v) is 8.54. The fraction of sp³-hybridized carbons (Fsp3) is 0.529. The van der Waals surface area contributed by atoms with Crippen LogP contribution in [-0.4, -0.2) is 29.4 Å². The van der Waals surface area contributed by atoms with Crippen molar-refractivity contribution in [3.8, 4) is 0 Å². The van der Waals surface area contributed by atoms with E-state index in [-0.39, 0.29) is 22.9 Å². The molecule has 1 aliphatic heterocycles. The molecule has 0 spiro atoms. The molecule has 1 fully saturated rings. The third-order valence-electron chi connectivity index (χ3n) is 3.79. The van der Waals surface area contributed by atoms with Gasteiger partial charge in [0.2, 0.25) is 0 Å². The van der Waals surface area contributed by atoms with E-state index in [2.05, 4.69) is 0 Å². The monoisotopic (exact) mass is 306 g/mol. The lowest BCUT2D eigenvalue weighted by Gasteiger charge is -2.29. The van der Waals surface area contributed by atoms with Gasteiger partial charge < -0.3 is 4.74 Å². The summed E-state index contributed by atoms with van der Waals surface area (Å²) in [5, 5.41) is 0.0478. The molecule has 2 atom stereocenters. The van der Waals surface area contributed by atoms with Crippen LogP contribution in [0.1, 0.15) is 42.1 Å². The molecule has 114 valence electrons. The smallest absolute Gasteiger partial charge is 0.306 e. The van der Waals surface area contributed by atoms with Gasteiger partial charge in [0, 0.05) is 16.7 Å². The van der Waals surface area contributed by atoms with E-state index in [0.717, 1.165) is 29.7 Å². The largest absolute Gasteiger partial charge is 0.466 e. The molecule has 2 rings (SSSR count). The van der Waals surface area contributed by atoms with Gasteiger partial charge in [-0.3, -0.25) is 9.59 Å². The van der Waals surface area contributed by atoms with Crippen LogP contribution >= 0.6 is 11.8 Å². The maximum Gasteiger partial charge on any atom is 0.306 e. The standard InChI is InChI=1S/C17H22O3S/c1-3-20-16(18)11-15-14(5-4-10-21-15)17(19)13-8-6-12(2)7-9-13/h6-9,14-15H,3-5,10-11H2,1-2H3/t14-,15+/m0/s1. The summed E-state index contributed by atoms with van der Waals surface area (Å²) in [5.41, 5.74) is 1.90. The molecule has 0 aliphatic carbocycles. The van der Waals surface area contributed by atoms with Gasteiger partial charge >= 0.3 is 5.97 Å². The lowest BCUT2D eigenvalue weighted by Crippen LogP contribution is -2.32. The Bertz CT molecular complexity index is 495. The van der Waals surface area contributed by atoms with E-state index < -0.39 is 0 Å². The highest BCUT2D eigenvalue weighted by atomic mass is 32.2. The highest BCUT2D eigenvalue weighted by molar-refractivity contribution is 8.00. The molecule has 0 amide bonds. The predicted octanol–water partition coefficient (Wildman–Crippen LogP) is 3.64. The van der Waals surface area contributed by atoms with Crippen LogP contribution in [-0.2, 0) is 9.53 Å². The van der Waals surface area contributed by atoms with Crippen LogP contribution in [0.15, 0.2) is 24.3 Å². The van der Waals surface area contributed by atoms with Crippen LogP contribution in [0.5, 0.6) is 0 Å². The average molecular weight is 306 g/mol. The van der Waals surface area contributed by atoms with Crippen molar-refractivity contribution in [3.05, 3.63) is 35.4 Å². The molecule has 0 aromatic heterocycles. The van der Waals surface area contributed by atoms with E-state index in [9.17, 15) is 9.59 Å². The van der Waals surface area contributed by atoms with E-state index in [0.29, 0.717) is 13.0 Å². The molecule has 0 saturated carbocycles. The van der Waals surface area contributed by atoms with Crippen LogP contribution in [0, 0.1) is 12.8 Å². The van der Waals surface area contributed by atoms with Gasteiger partial charge in [0.25, 0.3) is 0 Å². The van der Waals surface area contributed by atoms with Crippen molar-refractivity contribution in [2.75, 3.05) is 12.4 Å². The molecular formula is C17H22O3S. The zero-order valence-electron chi connectivity index (χ0n) is 12.6. The Labute approximate surface area is 130 Å². The van der Waals surface area contributed by atoms with Crippen molar-refractivity contribution in [1.29, 1.82) is 0 Å². The summed E-state index contributed by atoms with van der Waals surface area (Å²) in [6, 6.07) is 7.70. The van der Waals surface area contributed by atoms with Crippen molar-refractivity contribution >= 4 is 23.5 Å². The molecule has 1 aliphatic rings. The fourth-order valence-electron chi connectivity index (χ4n) is 2.66. The molecule has 0 unspecified atom stereocenters. The van der Waals surface area contributed by atoms with Crippen LogP contribution in [0.2, 0.25) is 0 Å². The Hall–Kier alpha value is -1.29. The Kier molecular flexibility index (Phi) is 5.85. The average Bonchev–Trinajstić information content (AvgIpc) is 2.48. The van der Waals surface area contributed by atoms with Gasteiger partial charge in [0.05, 0.1) is 13.0 Å². The van der Waals surface area contributed by atoms with E-state index in [1.165, 1.54) is 0 Å². The molecular weight excluding hydrogens is 284 g/mol. The van der Waals surface area contributed by atoms with Gasteiger partial charge in [0.1, 0.15) is 0 Å². The summed E-state index contributed by atoms with van der Waals surface area (Å²) >= 11 is 1.73. The number of hydrogen-bond donors (Lipinski definition) is 0. The maximum atomic E-state index is 12.7. The predicted molar refractivity (Wildman–Crippen MR) is 85.7 cm³/mol. The number of carbonyl (C=O) groups excluding carboxylic acids is 2. The van der Waals surface area contributed by atoms with Crippen LogP contribution < -0.4 is 0 Å². The van der Waals surface area contributed by atoms with Crippen LogP contribution in [0.3, 0.4) is 0 Å². The lowest BCUT2D eigenvalue weighted by molar-refractivity contribution is -0.143. The van der Waals surface area contributed by atoms with Gasteiger partial charge in [-0.25, -0.2) is 0 Å². The molecule has 0 N–H and O–H groups in total. The number of carbonyl (C=O) groups is 2. The van der Waals surface area contributed by atoms with Gasteiger partial charge in [-0.2, -0.15) is 11.8 Å². The summed E-state index contributed by atoms with van der Waals surface area (Å²) in [4.78, 5) is 24.4. The molecule has 21 heavy (non-hydrogen) atoms. The quantitative estimate of drug-likeness (QED) is 0.615. The fourth-order valence-corrected chi connectivity index (χ4v) is 4.04. The van der Waals surface area contributed by atoms with Crippen LogP contribution in [0.25, 0.3) is 0 Å². The minimum atomic E-state index is -0.196. The van der Waals surface area contributed by atoms with Crippen molar-refractivity contribution < 1.29 is 14.3 Å². The number of benzene rings is 1. The number of thioether (sulfide) groups is 1. The zero-order valence-corrected chi connectivity index (χ0v) is 13.4. The van der Waals surface area contributed by atoms with Crippen molar-refractivity contribution in [2.45, 2.75) is 38.4 Å². The highest BCUT2D eigenvalue weighted by Crippen LogP contribution is 2.35. The van der Waals surface area contributed by atoms with Crippen molar-refractivity contribution in [2.24, 2.45) is 5.92 Å². The zero-order chi connectivity index (χ0) is 15.2. The molecule has 3 nitrogen and oxygen atoms in total. The van der Waals surface area contributed by atoms with Gasteiger partial charge in [0.15, 0.2) is 5.78 Å². The maximum absolute atomic E-state index is 12.7. The molecule has 4 heteroatoms. The van der Waals surface area contributed by atoms with Crippen LogP contribution in [0.4, 0.5) is 0 Å². The third-order valence-corrected chi connectivity index (χ3v) is 5.23. The number of ketones is 1. The molecule has 0 radical (unpaired) electrons. The summed E-state index contributed by atoms with van der Waals surface area (Å²) in [7, 11) is 0. The number of esters is 1. The first-order chi connectivity index (χ1) is 10.1. The first kappa shape index (κ1) is 16.1. The van der Waals surface area contributed by atoms with Crippen molar-refractivity contribution in [3.63, 3.8) is 0 Å². The Morgan fingerprint density at radius 2 is 2.00 bits per heavy atom. The SMILES string of the molecule is CCOC(=O)C[C@H]1SCCC[C@@H]1C(=O)c1ccc(C)cc1. The van der Waals surface area contributed by atoms with Gasteiger partial charge in [-0.05, 0) is 32.4 Å². The number of ether oxygens (including phenoxy) is 1. The van der Waals surface area contributed by atoms with Gasteiger partial charge in [-0.15, -0.1) is 0 Å². The topological polar surface area (TPSA) is 43.4 Å². The number of aryl methyl sites for hydroxylation is 1. The normalized spacial score (nSPS) is 21.8. The summed E-state index contributed by atoms with van der Waals surface area (Å²) < 4.78 is 5.03. The molecule has 1 saturated heterocycles. The van der Waals surface area contributed by atoms with E-state index >= 15 is 0 Å².